The van der Waals surface area contributed by atoms with Gasteiger partial charge in [0.15, 0.2) is 0 Å². The third-order valence-corrected chi connectivity index (χ3v) is 3.84. The Hall–Kier alpha value is -1.59. The molecule has 3 heterocycles. The number of piperazine rings is 1. The molecule has 0 aliphatic carbocycles. The molecule has 1 saturated heterocycles. The lowest BCUT2D eigenvalue weighted by molar-refractivity contribution is -0.0474. The van der Waals surface area contributed by atoms with Crippen molar-refractivity contribution >= 4 is 5.69 Å². The molecule has 1 unspecified atom stereocenters. The summed E-state index contributed by atoms with van der Waals surface area (Å²) in [7, 11) is 2.19. The Morgan fingerprint density at radius 1 is 1.16 bits per heavy atom. The summed E-state index contributed by atoms with van der Waals surface area (Å²) >= 11 is 0. The number of anilines is 1. The van der Waals surface area contributed by atoms with Gasteiger partial charge in [0.2, 0.25) is 0 Å². The predicted molar refractivity (Wildman–Crippen MR) is 76.2 cm³/mol. The van der Waals surface area contributed by atoms with E-state index in [1.54, 1.807) is 0 Å². The van der Waals surface area contributed by atoms with E-state index < -0.39 is 0 Å². The molecule has 102 valence electrons. The monoisotopic (exact) mass is 259 g/mol. The average molecular weight is 259 g/mol. The molecule has 2 aliphatic heterocycles. The van der Waals surface area contributed by atoms with Crippen molar-refractivity contribution in [1.82, 2.24) is 19.9 Å². The van der Waals surface area contributed by atoms with Gasteiger partial charge in [-0.05, 0) is 26.1 Å². The Bertz CT molecular complexity index is 446. The summed E-state index contributed by atoms with van der Waals surface area (Å²) in [4.78, 5) is 8.70. The average Bonchev–Trinajstić information content (AvgIpc) is 2.89. The molecule has 2 aliphatic rings. The number of aromatic nitrogens is 1. The zero-order valence-corrected chi connectivity index (χ0v) is 11.6. The largest absolute Gasteiger partial charge is 0.327 e. The molecule has 0 saturated carbocycles. The molecule has 0 N–H and O–H groups in total. The molecular formula is C14H21N5. The highest BCUT2D eigenvalue weighted by atomic mass is 15.7. The predicted octanol–water partition coefficient (Wildman–Crippen LogP) is 1.18. The van der Waals surface area contributed by atoms with Crippen molar-refractivity contribution in [3.8, 4) is 0 Å². The molecule has 0 amide bonds. The Balaban J connectivity index is 1.65. The number of hydrogen-bond acceptors (Lipinski definition) is 5. The van der Waals surface area contributed by atoms with Gasteiger partial charge in [0.25, 0.3) is 0 Å². The van der Waals surface area contributed by atoms with Gasteiger partial charge in [-0.25, -0.2) is 5.01 Å². The first-order valence-corrected chi connectivity index (χ1v) is 6.81. The summed E-state index contributed by atoms with van der Waals surface area (Å²) in [6.07, 6.45) is 7.98. The standard InChI is InChI=1S/C14H21N5/c1-13-11-16(2)7-10-19(13)18-9-8-17(12-18)14-3-5-15-6-4-14/h3-6,8-9,13H,7,10-12H2,1-2H3. The van der Waals surface area contributed by atoms with Gasteiger partial charge in [0.1, 0.15) is 6.67 Å². The molecule has 0 radical (unpaired) electrons. The molecule has 1 fully saturated rings. The van der Waals surface area contributed by atoms with E-state index in [9.17, 15) is 0 Å². The maximum Gasteiger partial charge on any atom is 0.109 e. The summed E-state index contributed by atoms with van der Waals surface area (Å²) in [6, 6.07) is 4.64. The van der Waals surface area contributed by atoms with Crippen LogP contribution in [0.15, 0.2) is 36.9 Å². The van der Waals surface area contributed by atoms with Crippen molar-refractivity contribution in [1.29, 1.82) is 0 Å². The molecule has 3 rings (SSSR count). The van der Waals surface area contributed by atoms with Crippen LogP contribution in [0.3, 0.4) is 0 Å². The second-order valence-corrected chi connectivity index (χ2v) is 5.33. The fourth-order valence-electron chi connectivity index (χ4n) is 2.79. The molecule has 5 heteroatoms. The Labute approximate surface area is 114 Å². The zero-order chi connectivity index (χ0) is 13.2. The summed E-state index contributed by atoms with van der Waals surface area (Å²) in [5.41, 5.74) is 1.19. The summed E-state index contributed by atoms with van der Waals surface area (Å²) < 4.78 is 0. The van der Waals surface area contributed by atoms with Gasteiger partial charge >= 0.3 is 0 Å². The quantitative estimate of drug-likeness (QED) is 0.794. The van der Waals surface area contributed by atoms with E-state index in [4.69, 9.17) is 0 Å². The molecule has 0 aromatic carbocycles. The second kappa shape index (κ2) is 5.19. The lowest BCUT2D eigenvalue weighted by Crippen LogP contribution is -2.56. The van der Waals surface area contributed by atoms with Crippen LogP contribution in [0.5, 0.6) is 0 Å². The number of rotatable bonds is 2. The molecule has 5 nitrogen and oxygen atoms in total. The summed E-state index contributed by atoms with van der Waals surface area (Å²) in [5.74, 6) is 0. The third-order valence-electron chi connectivity index (χ3n) is 3.84. The fraction of sp³-hybridized carbons (Fsp3) is 0.500. The van der Waals surface area contributed by atoms with Crippen molar-refractivity contribution in [2.45, 2.75) is 13.0 Å². The van der Waals surface area contributed by atoms with Gasteiger partial charge < -0.3 is 9.80 Å². The Morgan fingerprint density at radius 2 is 1.95 bits per heavy atom. The lowest BCUT2D eigenvalue weighted by Gasteiger charge is -2.43. The molecular weight excluding hydrogens is 238 g/mol. The van der Waals surface area contributed by atoms with Crippen LogP contribution >= 0.6 is 0 Å². The number of pyridine rings is 1. The lowest BCUT2D eigenvalue weighted by atomic mass is 10.2. The van der Waals surface area contributed by atoms with Gasteiger partial charge in [-0.1, -0.05) is 0 Å². The van der Waals surface area contributed by atoms with Gasteiger partial charge in [-0.2, -0.15) is 0 Å². The van der Waals surface area contributed by atoms with Gasteiger partial charge in [-0.3, -0.25) is 9.99 Å². The van der Waals surface area contributed by atoms with Crippen molar-refractivity contribution in [3.05, 3.63) is 36.9 Å². The molecule has 1 atom stereocenters. The normalized spacial score (nSPS) is 25.3. The summed E-state index contributed by atoms with van der Waals surface area (Å²) in [5, 5.41) is 4.77. The molecule has 19 heavy (non-hydrogen) atoms. The van der Waals surface area contributed by atoms with Crippen LogP contribution < -0.4 is 4.90 Å². The van der Waals surface area contributed by atoms with Crippen LogP contribution in [0.2, 0.25) is 0 Å². The van der Waals surface area contributed by atoms with Crippen molar-refractivity contribution in [2.75, 3.05) is 38.3 Å². The van der Waals surface area contributed by atoms with E-state index in [0.29, 0.717) is 6.04 Å². The number of hydrazine groups is 1. The fourth-order valence-corrected chi connectivity index (χ4v) is 2.79. The second-order valence-electron chi connectivity index (χ2n) is 5.33. The Kier molecular flexibility index (Phi) is 3.40. The maximum atomic E-state index is 4.07. The van der Waals surface area contributed by atoms with E-state index in [2.05, 4.69) is 51.2 Å². The van der Waals surface area contributed by atoms with Crippen molar-refractivity contribution in [2.24, 2.45) is 0 Å². The highest BCUT2D eigenvalue weighted by Crippen LogP contribution is 2.21. The first kappa shape index (κ1) is 12.4. The van der Waals surface area contributed by atoms with E-state index in [1.165, 1.54) is 5.69 Å². The van der Waals surface area contributed by atoms with Gasteiger partial charge in [0, 0.05) is 56.2 Å². The van der Waals surface area contributed by atoms with Crippen LogP contribution in [-0.4, -0.2) is 59.3 Å². The van der Waals surface area contributed by atoms with Crippen LogP contribution in [0.1, 0.15) is 6.92 Å². The molecule has 0 spiro atoms. The van der Waals surface area contributed by atoms with Crippen molar-refractivity contribution in [3.63, 3.8) is 0 Å². The molecule has 0 bridgehead atoms. The Morgan fingerprint density at radius 3 is 2.68 bits per heavy atom. The smallest absolute Gasteiger partial charge is 0.109 e. The topological polar surface area (TPSA) is 25.9 Å². The van der Waals surface area contributed by atoms with Crippen LogP contribution in [0.4, 0.5) is 5.69 Å². The third kappa shape index (κ3) is 2.57. The van der Waals surface area contributed by atoms with Crippen LogP contribution in [0.25, 0.3) is 0 Å². The van der Waals surface area contributed by atoms with E-state index in [0.717, 1.165) is 26.3 Å². The zero-order valence-electron chi connectivity index (χ0n) is 11.6. The number of nitrogens with zero attached hydrogens (tertiary/aromatic N) is 5. The number of likely N-dealkylation sites (N-methyl/N-ethyl adjacent to an activating group) is 1. The first-order valence-electron chi connectivity index (χ1n) is 6.81. The molecule has 1 aromatic rings. The van der Waals surface area contributed by atoms with E-state index >= 15 is 0 Å². The number of hydrogen-bond donors (Lipinski definition) is 0. The highest BCUT2D eigenvalue weighted by molar-refractivity contribution is 5.48. The summed E-state index contributed by atoms with van der Waals surface area (Å²) in [6.45, 7) is 6.52. The minimum absolute atomic E-state index is 0.556. The van der Waals surface area contributed by atoms with Gasteiger partial charge in [-0.15, -0.1) is 0 Å². The van der Waals surface area contributed by atoms with E-state index in [-0.39, 0.29) is 0 Å². The minimum atomic E-state index is 0.556. The maximum absolute atomic E-state index is 4.07. The van der Waals surface area contributed by atoms with E-state index in [1.807, 2.05) is 24.5 Å². The van der Waals surface area contributed by atoms with Crippen LogP contribution in [0, 0.1) is 0 Å². The minimum Gasteiger partial charge on any atom is -0.327 e. The SMILES string of the molecule is CC1CN(C)CCN1N1C=CN(c2ccncc2)C1. The first-order chi connectivity index (χ1) is 9.24. The highest BCUT2D eigenvalue weighted by Gasteiger charge is 2.27. The van der Waals surface area contributed by atoms with Crippen LogP contribution in [-0.2, 0) is 0 Å². The van der Waals surface area contributed by atoms with Gasteiger partial charge in [0.05, 0.1) is 0 Å². The van der Waals surface area contributed by atoms with Crippen molar-refractivity contribution < 1.29 is 0 Å². The molecule has 1 aromatic heterocycles.